The van der Waals surface area contributed by atoms with Crippen LogP contribution >= 0.6 is 15.9 Å². The van der Waals surface area contributed by atoms with E-state index in [9.17, 15) is 9.18 Å². The molecule has 0 aliphatic heterocycles. The molecule has 5 heteroatoms. The van der Waals surface area contributed by atoms with Crippen LogP contribution in [0.1, 0.15) is 25.3 Å². The molecule has 0 amide bonds. The van der Waals surface area contributed by atoms with Crippen LogP contribution in [0.2, 0.25) is 0 Å². The SMILES string of the molecule is CCN(CCCC(=O)O)Cc1cc(Br)ccc1F. The Bertz CT molecular complexity index is 412. The second-order valence-corrected chi connectivity index (χ2v) is 5.02. The van der Waals surface area contributed by atoms with Crippen molar-refractivity contribution in [2.75, 3.05) is 13.1 Å². The van der Waals surface area contributed by atoms with E-state index in [4.69, 9.17) is 5.11 Å². The minimum atomic E-state index is -0.792. The maximum absolute atomic E-state index is 13.6. The van der Waals surface area contributed by atoms with Gasteiger partial charge >= 0.3 is 5.97 Å². The van der Waals surface area contributed by atoms with Crippen molar-refractivity contribution in [2.24, 2.45) is 0 Å². The second kappa shape index (κ2) is 7.48. The van der Waals surface area contributed by atoms with Crippen molar-refractivity contribution >= 4 is 21.9 Å². The van der Waals surface area contributed by atoms with Gasteiger partial charge in [-0.2, -0.15) is 0 Å². The molecule has 0 bridgehead atoms. The minimum Gasteiger partial charge on any atom is -0.481 e. The first-order chi connectivity index (χ1) is 8.52. The first kappa shape index (κ1) is 15.1. The number of aliphatic carboxylic acids is 1. The number of carboxylic acids is 1. The van der Waals surface area contributed by atoms with E-state index in [-0.39, 0.29) is 12.2 Å². The lowest BCUT2D eigenvalue weighted by atomic mass is 10.2. The van der Waals surface area contributed by atoms with Crippen molar-refractivity contribution in [3.8, 4) is 0 Å². The first-order valence-electron chi connectivity index (χ1n) is 5.91. The number of nitrogens with zero attached hydrogens (tertiary/aromatic N) is 1. The molecule has 1 rings (SSSR count). The molecule has 0 aliphatic rings. The Morgan fingerprint density at radius 3 is 2.83 bits per heavy atom. The molecule has 1 aromatic rings. The Kier molecular flexibility index (Phi) is 6.29. The van der Waals surface area contributed by atoms with Gasteiger partial charge in [0.2, 0.25) is 0 Å². The van der Waals surface area contributed by atoms with Gasteiger partial charge < -0.3 is 5.11 Å². The Morgan fingerprint density at radius 2 is 2.22 bits per heavy atom. The summed E-state index contributed by atoms with van der Waals surface area (Å²) < 4.78 is 14.4. The fraction of sp³-hybridized carbons (Fsp3) is 0.462. The van der Waals surface area contributed by atoms with Crippen LogP contribution in [-0.2, 0) is 11.3 Å². The predicted octanol–water partition coefficient (Wildman–Crippen LogP) is 3.27. The normalized spacial score (nSPS) is 10.9. The van der Waals surface area contributed by atoms with Crippen molar-refractivity contribution in [1.29, 1.82) is 0 Å². The lowest BCUT2D eigenvalue weighted by Crippen LogP contribution is -2.25. The summed E-state index contributed by atoms with van der Waals surface area (Å²) in [6.07, 6.45) is 0.732. The topological polar surface area (TPSA) is 40.5 Å². The zero-order valence-electron chi connectivity index (χ0n) is 10.3. The molecule has 0 aromatic heterocycles. The maximum atomic E-state index is 13.6. The van der Waals surface area contributed by atoms with Crippen LogP contribution in [0.3, 0.4) is 0 Å². The average Bonchev–Trinajstić information content (AvgIpc) is 2.32. The molecule has 0 unspecified atom stereocenters. The lowest BCUT2D eigenvalue weighted by molar-refractivity contribution is -0.137. The summed E-state index contributed by atoms with van der Waals surface area (Å²) in [7, 11) is 0. The molecular weight excluding hydrogens is 301 g/mol. The number of benzene rings is 1. The highest BCUT2D eigenvalue weighted by atomic mass is 79.9. The van der Waals surface area contributed by atoms with Gasteiger partial charge in [0, 0.05) is 23.0 Å². The third kappa shape index (κ3) is 5.14. The fourth-order valence-corrected chi connectivity index (χ4v) is 2.12. The van der Waals surface area contributed by atoms with Crippen LogP contribution in [-0.4, -0.2) is 29.1 Å². The summed E-state index contributed by atoms with van der Waals surface area (Å²) in [4.78, 5) is 12.5. The van der Waals surface area contributed by atoms with Gasteiger partial charge in [-0.25, -0.2) is 4.39 Å². The lowest BCUT2D eigenvalue weighted by Gasteiger charge is -2.20. The van der Waals surface area contributed by atoms with Crippen molar-refractivity contribution in [1.82, 2.24) is 4.90 Å². The van der Waals surface area contributed by atoms with Crippen LogP contribution in [0, 0.1) is 5.82 Å². The van der Waals surface area contributed by atoms with Gasteiger partial charge in [-0.05, 0) is 37.7 Å². The molecular formula is C13H17BrFNO2. The van der Waals surface area contributed by atoms with E-state index in [0.717, 1.165) is 11.0 Å². The number of hydrogen-bond donors (Lipinski definition) is 1. The highest BCUT2D eigenvalue weighted by Gasteiger charge is 2.09. The van der Waals surface area contributed by atoms with Crippen molar-refractivity contribution < 1.29 is 14.3 Å². The van der Waals surface area contributed by atoms with Gasteiger partial charge in [0.05, 0.1) is 0 Å². The van der Waals surface area contributed by atoms with Crippen LogP contribution in [0.5, 0.6) is 0 Å². The molecule has 0 spiro atoms. The third-order valence-corrected chi connectivity index (χ3v) is 3.21. The van der Waals surface area contributed by atoms with Crippen molar-refractivity contribution in [2.45, 2.75) is 26.3 Å². The summed E-state index contributed by atoms with van der Waals surface area (Å²) in [6, 6.07) is 4.86. The average molecular weight is 318 g/mol. The monoisotopic (exact) mass is 317 g/mol. The number of carboxylic acid groups (broad SMARTS) is 1. The van der Waals surface area contributed by atoms with E-state index >= 15 is 0 Å². The standard InChI is InChI=1S/C13H17BrFNO2/c1-2-16(7-3-4-13(17)18)9-10-8-11(14)5-6-12(10)15/h5-6,8H,2-4,7,9H2,1H3,(H,17,18). The van der Waals surface area contributed by atoms with Gasteiger partial charge in [0.25, 0.3) is 0 Å². The van der Waals surface area contributed by atoms with Crippen LogP contribution in [0.4, 0.5) is 4.39 Å². The van der Waals surface area contributed by atoms with Gasteiger partial charge in [0.15, 0.2) is 0 Å². The summed E-state index contributed by atoms with van der Waals surface area (Å²) in [6.45, 7) is 3.92. The number of hydrogen-bond acceptors (Lipinski definition) is 2. The van der Waals surface area contributed by atoms with Crippen LogP contribution in [0.25, 0.3) is 0 Å². The van der Waals surface area contributed by atoms with E-state index in [0.29, 0.717) is 25.1 Å². The smallest absolute Gasteiger partial charge is 0.303 e. The molecule has 0 saturated heterocycles. The Morgan fingerprint density at radius 1 is 1.50 bits per heavy atom. The molecule has 18 heavy (non-hydrogen) atoms. The highest BCUT2D eigenvalue weighted by molar-refractivity contribution is 9.10. The number of rotatable bonds is 7. The summed E-state index contributed by atoms with van der Waals surface area (Å²) in [5.74, 6) is -1.02. The highest BCUT2D eigenvalue weighted by Crippen LogP contribution is 2.17. The van der Waals surface area contributed by atoms with Crippen molar-refractivity contribution in [3.05, 3.63) is 34.1 Å². The molecule has 100 valence electrons. The zero-order valence-corrected chi connectivity index (χ0v) is 11.9. The maximum Gasteiger partial charge on any atom is 0.303 e. The zero-order chi connectivity index (χ0) is 13.5. The molecule has 1 aromatic carbocycles. The van der Waals surface area contributed by atoms with Gasteiger partial charge in [-0.3, -0.25) is 9.69 Å². The molecule has 3 nitrogen and oxygen atoms in total. The quantitative estimate of drug-likeness (QED) is 0.839. The van der Waals surface area contributed by atoms with E-state index in [1.165, 1.54) is 6.07 Å². The fourth-order valence-electron chi connectivity index (χ4n) is 1.71. The number of carbonyl (C=O) groups is 1. The summed E-state index contributed by atoms with van der Waals surface area (Å²) >= 11 is 3.32. The molecule has 0 heterocycles. The molecule has 0 fully saturated rings. The summed E-state index contributed by atoms with van der Waals surface area (Å²) in [5.41, 5.74) is 0.626. The van der Waals surface area contributed by atoms with Crippen LogP contribution in [0.15, 0.2) is 22.7 Å². The molecule has 0 radical (unpaired) electrons. The third-order valence-electron chi connectivity index (χ3n) is 2.71. The van der Waals surface area contributed by atoms with E-state index in [1.807, 2.05) is 11.8 Å². The van der Waals surface area contributed by atoms with Gasteiger partial charge in [-0.15, -0.1) is 0 Å². The van der Waals surface area contributed by atoms with Gasteiger partial charge in [0.1, 0.15) is 5.82 Å². The molecule has 0 aliphatic carbocycles. The first-order valence-corrected chi connectivity index (χ1v) is 6.70. The Balaban J connectivity index is 2.56. The largest absolute Gasteiger partial charge is 0.481 e. The minimum absolute atomic E-state index is 0.150. The predicted molar refractivity (Wildman–Crippen MR) is 71.9 cm³/mol. The Hall–Kier alpha value is -0.940. The van der Waals surface area contributed by atoms with Gasteiger partial charge in [-0.1, -0.05) is 22.9 Å². The Labute approximate surface area is 115 Å². The molecule has 0 atom stereocenters. The van der Waals surface area contributed by atoms with E-state index in [2.05, 4.69) is 15.9 Å². The molecule has 0 saturated carbocycles. The van der Waals surface area contributed by atoms with E-state index < -0.39 is 5.97 Å². The summed E-state index contributed by atoms with van der Waals surface area (Å²) in [5, 5.41) is 8.58. The second-order valence-electron chi connectivity index (χ2n) is 4.10. The van der Waals surface area contributed by atoms with Crippen LogP contribution < -0.4 is 0 Å². The van der Waals surface area contributed by atoms with E-state index in [1.54, 1.807) is 12.1 Å². The van der Waals surface area contributed by atoms with Crippen molar-refractivity contribution in [3.63, 3.8) is 0 Å². The molecule has 1 N–H and O–H groups in total. The number of halogens is 2.